The first-order valence-corrected chi connectivity index (χ1v) is 8.31. The highest BCUT2D eigenvalue weighted by molar-refractivity contribution is 7.71. The van der Waals surface area contributed by atoms with Crippen LogP contribution in [0.3, 0.4) is 0 Å². The highest BCUT2D eigenvalue weighted by Crippen LogP contribution is 2.17. The van der Waals surface area contributed by atoms with E-state index in [0.717, 1.165) is 31.5 Å². The Labute approximate surface area is 140 Å². The van der Waals surface area contributed by atoms with E-state index in [0.29, 0.717) is 17.1 Å². The van der Waals surface area contributed by atoms with Gasteiger partial charge in [0.15, 0.2) is 5.82 Å². The maximum absolute atomic E-state index is 12.3. The number of benzene rings is 1. The predicted octanol–water partition coefficient (Wildman–Crippen LogP) is 2.47. The second kappa shape index (κ2) is 7.06. The number of aryl methyl sites for hydroxylation is 1. The summed E-state index contributed by atoms with van der Waals surface area (Å²) in [7, 11) is 0. The molecule has 1 aliphatic heterocycles. The predicted molar refractivity (Wildman–Crippen MR) is 92.2 cm³/mol. The molecule has 6 nitrogen and oxygen atoms in total. The molecule has 2 aromatic rings. The number of likely N-dealkylation sites (tertiary alicyclic amines) is 1. The number of aromatic nitrogens is 3. The summed E-state index contributed by atoms with van der Waals surface area (Å²) in [5.41, 5.74) is 4.93. The molecule has 122 valence electrons. The molecule has 0 aliphatic carbocycles. The molecule has 0 bridgehead atoms. The zero-order chi connectivity index (χ0) is 16.2. The van der Waals surface area contributed by atoms with E-state index >= 15 is 0 Å². The molecule has 7 heteroatoms. The van der Waals surface area contributed by atoms with E-state index in [1.54, 1.807) is 4.68 Å². The van der Waals surface area contributed by atoms with Crippen molar-refractivity contribution in [2.45, 2.75) is 26.2 Å². The Bertz CT molecular complexity index is 728. The van der Waals surface area contributed by atoms with Crippen LogP contribution in [-0.4, -0.2) is 45.3 Å². The molecule has 2 heterocycles. The lowest BCUT2D eigenvalue weighted by molar-refractivity contribution is -0.118. The number of hydrogen-bond donors (Lipinski definition) is 2. The smallest absolute Gasteiger partial charge is 0.253 e. The number of rotatable bonds is 4. The molecule has 0 saturated carbocycles. The number of nitrogens with zero attached hydrogens (tertiary/aromatic N) is 3. The second-order valence-corrected chi connectivity index (χ2v) is 6.31. The van der Waals surface area contributed by atoms with E-state index in [2.05, 4.69) is 20.5 Å². The molecule has 1 aromatic heterocycles. The fourth-order valence-electron chi connectivity index (χ4n) is 2.78. The van der Waals surface area contributed by atoms with E-state index in [4.69, 9.17) is 12.2 Å². The Morgan fingerprint density at radius 1 is 1.26 bits per heavy atom. The van der Waals surface area contributed by atoms with Gasteiger partial charge < -0.3 is 0 Å². The molecular formula is C16H21N5OS. The molecule has 0 radical (unpaired) electrons. The highest BCUT2D eigenvalue weighted by atomic mass is 32.1. The minimum absolute atomic E-state index is 0.0715. The lowest BCUT2D eigenvalue weighted by atomic mass is 10.1. The minimum Gasteiger partial charge on any atom is -0.294 e. The van der Waals surface area contributed by atoms with Crippen LogP contribution in [0.5, 0.6) is 0 Å². The molecule has 0 spiro atoms. The number of H-pyrrole nitrogens is 1. The van der Waals surface area contributed by atoms with Crippen LogP contribution in [-0.2, 0) is 4.79 Å². The normalized spacial score (nSPS) is 15.5. The fraction of sp³-hybridized carbons (Fsp3) is 0.438. The zero-order valence-electron chi connectivity index (χ0n) is 13.2. The first-order chi connectivity index (χ1) is 11.1. The maximum Gasteiger partial charge on any atom is 0.253 e. The van der Waals surface area contributed by atoms with Gasteiger partial charge in [0.25, 0.3) is 5.91 Å². The molecule has 3 rings (SSSR count). The topological polar surface area (TPSA) is 66.0 Å². The Morgan fingerprint density at radius 2 is 1.96 bits per heavy atom. The van der Waals surface area contributed by atoms with Crippen LogP contribution in [0.1, 0.15) is 24.8 Å². The third-order valence-corrected chi connectivity index (χ3v) is 4.31. The molecule has 1 saturated heterocycles. The lowest BCUT2D eigenvalue weighted by Gasteiger charge is -2.25. The summed E-state index contributed by atoms with van der Waals surface area (Å²) in [5.74, 6) is 0.541. The van der Waals surface area contributed by atoms with Crippen molar-refractivity contribution < 1.29 is 4.79 Å². The Morgan fingerprint density at radius 3 is 2.65 bits per heavy atom. The molecule has 0 unspecified atom stereocenters. The van der Waals surface area contributed by atoms with E-state index in [-0.39, 0.29) is 5.91 Å². The van der Waals surface area contributed by atoms with Crippen LogP contribution in [0.25, 0.3) is 11.4 Å². The molecular weight excluding hydrogens is 310 g/mol. The van der Waals surface area contributed by atoms with Gasteiger partial charge in [0.05, 0.1) is 6.54 Å². The van der Waals surface area contributed by atoms with Gasteiger partial charge in [0.2, 0.25) is 4.77 Å². The van der Waals surface area contributed by atoms with E-state index in [1.807, 2.05) is 31.2 Å². The number of aromatic amines is 1. The third kappa shape index (κ3) is 3.86. The highest BCUT2D eigenvalue weighted by Gasteiger charge is 2.16. The number of piperidine rings is 1. The van der Waals surface area contributed by atoms with Crippen molar-refractivity contribution >= 4 is 18.1 Å². The van der Waals surface area contributed by atoms with Gasteiger partial charge >= 0.3 is 0 Å². The van der Waals surface area contributed by atoms with Crippen molar-refractivity contribution in [3.63, 3.8) is 0 Å². The van der Waals surface area contributed by atoms with Crippen LogP contribution in [0.4, 0.5) is 0 Å². The lowest BCUT2D eigenvalue weighted by Crippen LogP contribution is -2.39. The van der Waals surface area contributed by atoms with Gasteiger partial charge in [0, 0.05) is 5.56 Å². The third-order valence-electron chi connectivity index (χ3n) is 4.03. The van der Waals surface area contributed by atoms with Crippen molar-refractivity contribution in [3.8, 4) is 11.4 Å². The van der Waals surface area contributed by atoms with Gasteiger partial charge in [-0.1, -0.05) is 36.2 Å². The number of carbonyl (C=O) groups excluding carboxylic acids is 1. The average Bonchev–Trinajstić information content (AvgIpc) is 2.90. The van der Waals surface area contributed by atoms with Crippen LogP contribution in [0, 0.1) is 11.7 Å². The number of nitrogens with one attached hydrogen (secondary N) is 2. The van der Waals surface area contributed by atoms with E-state index < -0.39 is 0 Å². The number of hydrogen-bond acceptors (Lipinski definition) is 4. The Kier molecular flexibility index (Phi) is 4.88. The second-order valence-electron chi connectivity index (χ2n) is 5.93. The van der Waals surface area contributed by atoms with Gasteiger partial charge in [-0.3, -0.25) is 15.1 Å². The first-order valence-electron chi connectivity index (χ1n) is 7.90. The van der Waals surface area contributed by atoms with Gasteiger partial charge in [0.1, 0.15) is 0 Å². The first kappa shape index (κ1) is 15.9. The quantitative estimate of drug-likeness (QED) is 0.845. The van der Waals surface area contributed by atoms with Crippen molar-refractivity contribution in [1.82, 2.24) is 19.8 Å². The van der Waals surface area contributed by atoms with Crippen LogP contribution in [0.15, 0.2) is 24.3 Å². The molecule has 1 aliphatic rings. The number of amides is 1. The van der Waals surface area contributed by atoms with Crippen molar-refractivity contribution in [2.24, 2.45) is 0 Å². The summed E-state index contributed by atoms with van der Waals surface area (Å²) >= 11 is 5.24. The molecule has 1 aromatic carbocycles. The van der Waals surface area contributed by atoms with Gasteiger partial charge in [-0.2, -0.15) is 5.10 Å². The van der Waals surface area contributed by atoms with E-state index in [9.17, 15) is 4.79 Å². The molecule has 23 heavy (non-hydrogen) atoms. The van der Waals surface area contributed by atoms with E-state index in [1.165, 1.54) is 12.0 Å². The van der Waals surface area contributed by atoms with Crippen molar-refractivity contribution in [1.29, 1.82) is 0 Å². The summed E-state index contributed by atoms with van der Waals surface area (Å²) in [6, 6.07) is 7.95. The summed E-state index contributed by atoms with van der Waals surface area (Å²) in [6.45, 7) is 4.38. The summed E-state index contributed by atoms with van der Waals surface area (Å²) in [5, 5.41) is 6.98. The zero-order valence-corrected chi connectivity index (χ0v) is 14.0. The van der Waals surface area contributed by atoms with Crippen LogP contribution >= 0.6 is 12.2 Å². The van der Waals surface area contributed by atoms with Crippen LogP contribution in [0.2, 0.25) is 0 Å². The number of carbonyl (C=O) groups is 1. The van der Waals surface area contributed by atoms with Crippen molar-refractivity contribution in [3.05, 3.63) is 34.6 Å². The van der Waals surface area contributed by atoms with Gasteiger partial charge in [-0.05, 0) is 45.1 Å². The largest absolute Gasteiger partial charge is 0.294 e. The standard InChI is InChI=1S/C16H21N5OS/c1-12-5-7-13(8-6-12)15-17-18-16(23)21(15)19-14(22)11-20-9-3-2-4-10-20/h5-8H,2-4,9-11H2,1H3,(H,18,23)(H,19,22). The molecule has 1 amide bonds. The van der Waals surface area contributed by atoms with Gasteiger partial charge in [-0.25, -0.2) is 9.77 Å². The average molecular weight is 331 g/mol. The summed E-state index contributed by atoms with van der Waals surface area (Å²) < 4.78 is 1.93. The summed E-state index contributed by atoms with van der Waals surface area (Å²) in [4.78, 5) is 14.5. The monoisotopic (exact) mass is 331 g/mol. The van der Waals surface area contributed by atoms with Crippen LogP contribution < -0.4 is 5.43 Å². The minimum atomic E-state index is -0.0715. The van der Waals surface area contributed by atoms with Crippen molar-refractivity contribution in [2.75, 3.05) is 25.1 Å². The fourth-order valence-corrected chi connectivity index (χ4v) is 2.96. The maximum atomic E-state index is 12.3. The molecule has 1 fully saturated rings. The Hall–Kier alpha value is -1.99. The molecule has 0 atom stereocenters. The molecule has 2 N–H and O–H groups in total. The SMILES string of the molecule is Cc1ccc(-c2n[nH]c(=S)n2NC(=O)CN2CCCCC2)cc1. The van der Waals surface area contributed by atoms with Gasteiger partial charge in [-0.15, -0.1) is 0 Å². The summed E-state index contributed by atoms with van der Waals surface area (Å²) in [6.07, 6.45) is 3.57. The Balaban J connectivity index is 1.74.